The van der Waals surface area contributed by atoms with Gasteiger partial charge in [-0.1, -0.05) is 29.8 Å². The van der Waals surface area contributed by atoms with Gasteiger partial charge in [-0.3, -0.25) is 0 Å². The fourth-order valence-electron chi connectivity index (χ4n) is 2.83. The Kier molecular flexibility index (Phi) is 6.02. The van der Waals surface area contributed by atoms with Crippen molar-refractivity contribution in [3.63, 3.8) is 0 Å². The van der Waals surface area contributed by atoms with E-state index < -0.39 is 0 Å². The summed E-state index contributed by atoms with van der Waals surface area (Å²) < 4.78 is 5.83. The maximum Gasteiger partial charge on any atom is 0.146 e. The van der Waals surface area contributed by atoms with Crippen LogP contribution in [0.4, 0.5) is 11.5 Å². The third-order valence-corrected chi connectivity index (χ3v) is 4.71. The van der Waals surface area contributed by atoms with Gasteiger partial charge in [0.2, 0.25) is 0 Å². The first-order chi connectivity index (χ1) is 13.1. The molecule has 0 amide bonds. The molecule has 28 heavy (non-hydrogen) atoms. The van der Waals surface area contributed by atoms with E-state index in [1.54, 1.807) is 6.33 Å². The maximum absolute atomic E-state index is 6.41. The quantitative estimate of drug-likeness (QED) is 0.398. The van der Waals surface area contributed by atoms with Crippen LogP contribution in [0.5, 0.6) is 11.5 Å². The Morgan fingerprint density at radius 3 is 2.39 bits per heavy atom. The number of ether oxygens (including phenoxy) is 1. The van der Waals surface area contributed by atoms with Gasteiger partial charge < -0.3 is 10.1 Å². The van der Waals surface area contributed by atoms with Gasteiger partial charge >= 0.3 is 0 Å². The van der Waals surface area contributed by atoms with E-state index in [9.17, 15) is 0 Å². The Morgan fingerprint density at radius 1 is 0.893 bits per heavy atom. The zero-order valence-electron chi connectivity index (χ0n) is 15.4. The van der Waals surface area contributed by atoms with Crippen LogP contribution in [-0.4, -0.2) is 9.97 Å². The Labute approximate surface area is 175 Å². The number of hydrogen-bond donors (Lipinski definition) is 1. The van der Waals surface area contributed by atoms with Crippen LogP contribution in [0.3, 0.4) is 0 Å². The Balaban J connectivity index is 0.00000225. The molecule has 0 aliphatic rings. The minimum absolute atomic E-state index is 0. The number of hydrogen-bond acceptors (Lipinski definition) is 4. The molecule has 0 radical (unpaired) electrons. The van der Waals surface area contributed by atoms with Gasteiger partial charge in [-0.15, -0.1) is 12.4 Å². The summed E-state index contributed by atoms with van der Waals surface area (Å²) in [6.07, 6.45) is 1.56. The highest BCUT2D eigenvalue weighted by atomic mass is 35.5. The van der Waals surface area contributed by atoms with E-state index in [2.05, 4.69) is 41.3 Å². The van der Waals surface area contributed by atoms with Crippen molar-refractivity contribution in [2.75, 3.05) is 5.32 Å². The molecule has 1 heterocycles. The number of rotatable bonds is 4. The third-order valence-electron chi connectivity index (χ3n) is 4.42. The standard InChI is InChI=1S/C22H18ClN3O.ClH/c1-14-10-18-20(11-15(14)2)24-13-25-22(18)26-16-8-9-21(19(23)12-16)27-17-6-4-3-5-7-17;/h3-13H,1-2H3,(H,24,25,26);1H. The van der Waals surface area contributed by atoms with E-state index in [0.717, 1.165) is 28.2 Å². The summed E-state index contributed by atoms with van der Waals surface area (Å²) in [6.45, 7) is 4.16. The van der Waals surface area contributed by atoms with Gasteiger partial charge in [0.15, 0.2) is 0 Å². The van der Waals surface area contributed by atoms with Crippen LogP contribution >= 0.6 is 24.0 Å². The normalized spacial score (nSPS) is 10.4. The Hall–Kier alpha value is -2.82. The number of fused-ring (bicyclic) bond motifs is 1. The average Bonchev–Trinajstić information content (AvgIpc) is 2.66. The summed E-state index contributed by atoms with van der Waals surface area (Å²) in [5, 5.41) is 4.83. The predicted octanol–water partition coefficient (Wildman–Crippen LogP) is 6.86. The maximum atomic E-state index is 6.41. The molecular formula is C22H19Cl2N3O. The summed E-state index contributed by atoms with van der Waals surface area (Å²) in [5.41, 5.74) is 4.15. The molecule has 4 nitrogen and oxygen atoms in total. The van der Waals surface area contributed by atoms with E-state index in [1.807, 2.05) is 48.5 Å². The lowest BCUT2D eigenvalue weighted by Crippen LogP contribution is -1.97. The van der Waals surface area contributed by atoms with Gasteiger partial charge in [0.1, 0.15) is 23.6 Å². The van der Waals surface area contributed by atoms with Crippen LogP contribution < -0.4 is 10.1 Å². The summed E-state index contributed by atoms with van der Waals surface area (Å²) >= 11 is 6.41. The molecule has 0 bridgehead atoms. The molecule has 0 atom stereocenters. The van der Waals surface area contributed by atoms with Crippen molar-refractivity contribution in [3.8, 4) is 11.5 Å². The molecule has 0 fully saturated rings. The van der Waals surface area contributed by atoms with Crippen LogP contribution in [-0.2, 0) is 0 Å². The summed E-state index contributed by atoms with van der Waals surface area (Å²) in [4.78, 5) is 8.76. The molecule has 0 saturated carbocycles. The lowest BCUT2D eigenvalue weighted by atomic mass is 10.1. The number of aryl methyl sites for hydroxylation is 2. The second kappa shape index (κ2) is 8.46. The molecule has 4 rings (SSSR count). The van der Waals surface area contributed by atoms with Crippen LogP contribution in [0, 0.1) is 13.8 Å². The molecule has 1 aromatic heterocycles. The third kappa shape index (κ3) is 4.19. The molecule has 0 unspecified atom stereocenters. The smallest absolute Gasteiger partial charge is 0.146 e. The van der Waals surface area contributed by atoms with Gasteiger partial charge in [-0.25, -0.2) is 9.97 Å². The highest BCUT2D eigenvalue weighted by Gasteiger charge is 2.09. The topological polar surface area (TPSA) is 47.0 Å². The highest BCUT2D eigenvalue weighted by molar-refractivity contribution is 6.32. The van der Waals surface area contributed by atoms with Crippen LogP contribution in [0.1, 0.15) is 11.1 Å². The van der Waals surface area contributed by atoms with Crippen molar-refractivity contribution < 1.29 is 4.74 Å². The zero-order valence-corrected chi connectivity index (χ0v) is 17.0. The number of para-hydroxylation sites is 1. The van der Waals surface area contributed by atoms with Gasteiger partial charge in [-0.05, 0) is 67.4 Å². The molecule has 3 aromatic carbocycles. The van der Waals surface area contributed by atoms with E-state index in [1.165, 1.54) is 11.1 Å². The number of aromatic nitrogens is 2. The summed E-state index contributed by atoms with van der Waals surface area (Å²) in [6, 6.07) is 19.3. The largest absolute Gasteiger partial charge is 0.456 e. The molecule has 142 valence electrons. The number of nitrogens with one attached hydrogen (secondary N) is 1. The lowest BCUT2D eigenvalue weighted by molar-refractivity contribution is 0.483. The first-order valence-electron chi connectivity index (χ1n) is 8.61. The first kappa shape index (κ1) is 19.9. The molecule has 4 aromatic rings. The Bertz CT molecular complexity index is 1120. The van der Waals surface area contributed by atoms with Crippen molar-refractivity contribution in [1.82, 2.24) is 9.97 Å². The van der Waals surface area contributed by atoms with Gasteiger partial charge in [0, 0.05) is 11.1 Å². The average molecular weight is 412 g/mol. The van der Waals surface area contributed by atoms with Crippen molar-refractivity contribution >= 4 is 46.4 Å². The minimum atomic E-state index is 0. The highest BCUT2D eigenvalue weighted by Crippen LogP contribution is 2.33. The van der Waals surface area contributed by atoms with E-state index in [0.29, 0.717) is 10.8 Å². The fraction of sp³-hybridized carbons (Fsp3) is 0.0909. The second-order valence-corrected chi connectivity index (χ2v) is 6.77. The van der Waals surface area contributed by atoms with E-state index in [-0.39, 0.29) is 12.4 Å². The molecule has 6 heteroatoms. The molecule has 0 spiro atoms. The van der Waals surface area contributed by atoms with Crippen molar-refractivity contribution in [3.05, 3.63) is 83.1 Å². The molecule has 0 aliphatic carbocycles. The minimum Gasteiger partial charge on any atom is -0.456 e. The number of benzene rings is 3. The molecule has 1 N–H and O–H groups in total. The SMILES string of the molecule is Cc1cc2ncnc(Nc3ccc(Oc4ccccc4)c(Cl)c3)c2cc1C.Cl. The van der Waals surface area contributed by atoms with E-state index in [4.69, 9.17) is 16.3 Å². The second-order valence-electron chi connectivity index (χ2n) is 6.36. The lowest BCUT2D eigenvalue weighted by Gasteiger charge is -2.12. The number of anilines is 2. The van der Waals surface area contributed by atoms with Gasteiger partial charge in [0.05, 0.1) is 10.5 Å². The predicted molar refractivity (Wildman–Crippen MR) is 118 cm³/mol. The molecule has 0 aliphatic heterocycles. The van der Waals surface area contributed by atoms with Crippen molar-refractivity contribution in [1.29, 1.82) is 0 Å². The summed E-state index contributed by atoms with van der Waals surface area (Å²) in [7, 11) is 0. The molecular weight excluding hydrogens is 393 g/mol. The van der Waals surface area contributed by atoms with Crippen molar-refractivity contribution in [2.24, 2.45) is 0 Å². The van der Waals surface area contributed by atoms with Crippen LogP contribution in [0.25, 0.3) is 10.9 Å². The monoisotopic (exact) mass is 411 g/mol. The van der Waals surface area contributed by atoms with E-state index >= 15 is 0 Å². The summed E-state index contributed by atoms with van der Waals surface area (Å²) in [5.74, 6) is 2.09. The molecule has 0 saturated heterocycles. The van der Waals surface area contributed by atoms with Gasteiger partial charge in [-0.2, -0.15) is 0 Å². The number of halogens is 2. The first-order valence-corrected chi connectivity index (χ1v) is 8.99. The van der Waals surface area contributed by atoms with Gasteiger partial charge in [0.25, 0.3) is 0 Å². The Morgan fingerprint density at radius 2 is 1.64 bits per heavy atom. The number of nitrogens with zero attached hydrogens (tertiary/aromatic N) is 2. The van der Waals surface area contributed by atoms with Crippen LogP contribution in [0.15, 0.2) is 67.0 Å². The zero-order chi connectivity index (χ0) is 18.8. The van der Waals surface area contributed by atoms with Crippen LogP contribution in [0.2, 0.25) is 5.02 Å². The van der Waals surface area contributed by atoms with Crippen molar-refractivity contribution in [2.45, 2.75) is 13.8 Å². The fourth-order valence-corrected chi connectivity index (χ4v) is 3.05.